The molecule has 0 aromatic heterocycles. The number of nitrogens with zero attached hydrogens (tertiary/aromatic N) is 3. The summed E-state index contributed by atoms with van der Waals surface area (Å²) in [6.07, 6.45) is 9.46. The molecule has 6 atom stereocenters. The van der Waals surface area contributed by atoms with Gasteiger partial charge in [-0.05, 0) is 134 Å². The second kappa shape index (κ2) is 26.8. The summed E-state index contributed by atoms with van der Waals surface area (Å²) in [5.74, 6) is -2.62. The minimum atomic E-state index is -4.19. The number of hydrogen-bond donors (Lipinski definition) is 7. The zero-order valence-electron chi connectivity index (χ0n) is 44.2. The van der Waals surface area contributed by atoms with Crippen LogP contribution in [0.15, 0.2) is 65.5 Å². The van der Waals surface area contributed by atoms with E-state index in [1.165, 1.54) is 9.80 Å². The van der Waals surface area contributed by atoms with Crippen LogP contribution >= 0.6 is 0 Å². The van der Waals surface area contributed by atoms with E-state index >= 15 is 0 Å². The van der Waals surface area contributed by atoms with Gasteiger partial charge in [0, 0.05) is 44.6 Å². The molecule has 6 amide bonds. The van der Waals surface area contributed by atoms with E-state index in [0.717, 1.165) is 16.7 Å². The number of carbonyl (C=O) groups is 6. The molecule has 3 aliphatic heterocycles. The molecule has 5 rings (SSSR count). The number of sulfonamides is 1. The largest absolute Gasteiger partial charge is 0.487 e. The SMILES string of the molecule is C=CCCCNC(=O)[C@@H]1CCCN1C(=O)[C@H](CCCN=C(N)NS(=O)(=O)c1c(C)c(C)c2c(c1C)CC(C)(C)O2)NC(=O)[C@H](CC)NC(=O)[C@@H]1CCCN1C(=O)[C@H](Cc1ccccc1)NC(=O)[C@@H](N)CCCC=C. The van der Waals surface area contributed by atoms with Crippen LogP contribution in [0.1, 0.15) is 126 Å². The summed E-state index contributed by atoms with van der Waals surface area (Å²) < 4.78 is 36.3. The number of rotatable bonds is 26. The van der Waals surface area contributed by atoms with E-state index in [1.807, 2.05) is 51.1 Å². The van der Waals surface area contributed by atoms with Crippen LogP contribution in [0, 0.1) is 20.8 Å². The van der Waals surface area contributed by atoms with E-state index in [9.17, 15) is 37.2 Å². The lowest BCUT2D eigenvalue weighted by atomic mass is 9.94. The Balaban J connectivity index is 1.30. The number of unbranched alkanes of at least 4 members (excludes halogenated alkanes) is 2. The van der Waals surface area contributed by atoms with Crippen LogP contribution in [0.3, 0.4) is 0 Å². The number of aliphatic imine (C=N–C) groups is 1. The molecule has 0 radical (unpaired) electrons. The molecule has 2 saturated heterocycles. The number of carbonyl (C=O) groups excluding carboxylic acids is 6. The molecule has 0 spiro atoms. The minimum absolute atomic E-state index is 0.0258. The molecule has 2 fully saturated rings. The number of allylic oxidation sites excluding steroid dienone is 2. The summed E-state index contributed by atoms with van der Waals surface area (Å²) in [4.78, 5) is 91.2. The number of likely N-dealkylation sites (tertiary alicyclic amines) is 2. The van der Waals surface area contributed by atoms with Gasteiger partial charge in [0.2, 0.25) is 41.4 Å². The van der Waals surface area contributed by atoms with E-state index in [-0.39, 0.29) is 62.1 Å². The van der Waals surface area contributed by atoms with E-state index in [0.29, 0.717) is 87.6 Å². The van der Waals surface area contributed by atoms with Crippen LogP contribution in [0.2, 0.25) is 0 Å². The van der Waals surface area contributed by atoms with Crippen molar-refractivity contribution in [1.29, 1.82) is 0 Å². The molecule has 3 aliphatic rings. The van der Waals surface area contributed by atoms with Crippen molar-refractivity contribution in [3.05, 3.63) is 83.5 Å². The van der Waals surface area contributed by atoms with Gasteiger partial charge in [0.25, 0.3) is 10.0 Å². The molecule has 0 aliphatic carbocycles. The predicted molar refractivity (Wildman–Crippen MR) is 285 cm³/mol. The smallest absolute Gasteiger partial charge is 0.264 e. The van der Waals surface area contributed by atoms with Crippen LogP contribution in [-0.2, 0) is 51.6 Å². The third-order valence-electron chi connectivity index (χ3n) is 14.1. The van der Waals surface area contributed by atoms with Gasteiger partial charge in [0.15, 0.2) is 0 Å². The number of benzene rings is 2. The van der Waals surface area contributed by atoms with Gasteiger partial charge in [0.05, 0.1) is 10.9 Å². The third-order valence-corrected chi connectivity index (χ3v) is 15.7. The maximum absolute atomic E-state index is 14.5. The van der Waals surface area contributed by atoms with Crippen molar-refractivity contribution in [3.63, 3.8) is 0 Å². The highest BCUT2D eigenvalue weighted by Gasteiger charge is 2.42. The summed E-state index contributed by atoms with van der Waals surface area (Å²) in [7, 11) is -4.19. The highest BCUT2D eigenvalue weighted by atomic mass is 32.2. The zero-order valence-corrected chi connectivity index (χ0v) is 45.0. The van der Waals surface area contributed by atoms with E-state index in [4.69, 9.17) is 16.2 Å². The summed E-state index contributed by atoms with van der Waals surface area (Å²) >= 11 is 0. The maximum Gasteiger partial charge on any atom is 0.264 e. The summed E-state index contributed by atoms with van der Waals surface area (Å²) in [6, 6.07) is 3.33. The Morgan fingerprint density at radius 2 is 1.42 bits per heavy atom. The van der Waals surface area contributed by atoms with Gasteiger partial charge in [-0.3, -0.25) is 33.8 Å². The molecule has 19 nitrogen and oxygen atoms in total. The Bertz CT molecular complexity index is 2520. The summed E-state index contributed by atoms with van der Waals surface area (Å²) in [5.41, 5.74) is 15.4. The third kappa shape index (κ3) is 15.2. The lowest BCUT2D eigenvalue weighted by Crippen LogP contribution is -2.59. The average molecular weight is 1050 g/mol. The summed E-state index contributed by atoms with van der Waals surface area (Å²) in [5, 5.41) is 11.4. The topological polar surface area (TPSA) is 277 Å². The Morgan fingerprint density at radius 3 is 2.05 bits per heavy atom. The molecule has 20 heteroatoms. The van der Waals surface area contributed by atoms with Crippen molar-refractivity contribution in [3.8, 4) is 5.75 Å². The van der Waals surface area contributed by atoms with Gasteiger partial charge in [-0.25, -0.2) is 13.1 Å². The number of nitrogens with one attached hydrogen (secondary N) is 5. The van der Waals surface area contributed by atoms with E-state index in [2.05, 4.69) is 44.1 Å². The molecule has 406 valence electrons. The monoisotopic (exact) mass is 1040 g/mol. The van der Waals surface area contributed by atoms with Gasteiger partial charge >= 0.3 is 0 Å². The molecular formula is C54H80N10O9S. The Morgan fingerprint density at radius 1 is 0.811 bits per heavy atom. The lowest BCUT2D eigenvalue weighted by molar-refractivity contribution is -0.143. The number of ether oxygens (including phenoxy) is 1. The van der Waals surface area contributed by atoms with Crippen LogP contribution in [-0.4, -0.2) is 128 Å². The van der Waals surface area contributed by atoms with Gasteiger partial charge in [-0.15, -0.1) is 13.2 Å². The molecule has 0 saturated carbocycles. The Labute approximate surface area is 437 Å². The van der Waals surface area contributed by atoms with E-state index < -0.39 is 81.4 Å². The first-order valence-electron chi connectivity index (χ1n) is 26.1. The minimum Gasteiger partial charge on any atom is -0.487 e. The number of hydrogen-bond acceptors (Lipinski definition) is 11. The Hall–Kier alpha value is -6.28. The molecule has 0 unspecified atom stereocenters. The molecule has 2 aromatic rings. The van der Waals surface area contributed by atoms with Crippen molar-refractivity contribution in [2.75, 3.05) is 26.2 Å². The fourth-order valence-electron chi connectivity index (χ4n) is 10.0. The first-order valence-corrected chi connectivity index (χ1v) is 27.6. The van der Waals surface area contributed by atoms with Crippen molar-refractivity contribution < 1.29 is 41.9 Å². The molecule has 9 N–H and O–H groups in total. The fraction of sp³-hybridized carbons (Fsp3) is 0.574. The number of amides is 6. The molecule has 2 aromatic carbocycles. The lowest BCUT2D eigenvalue weighted by Gasteiger charge is -2.31. The highest BCUT2D eigenvalue weighted by Crippen LogP contribution is 2.43. The van der Waals surface area contributed by atoms with E-state index in [1.54, 1.807) is 32.9 Å². The first-order chi connectivity index (χ1) is 35.1. The zero-order chi connectivity index (χ0) is 54.3. The first kappa shape index (κ1) is 58.6. The van der Waals surface area contributed by atoms with Crippen molar-refractivity contribution in [2.24, 2.45) is 16.5 Å². The van der Waals surface area contributed by atoms with Crippen LogP contribution in [0.5, 0.6) is 5.75 Å². The number of nitrogens with two attached hydrogens (primary N) is 2. The van der Waals surface area contributed by atoms with Crippen molar-refractivity contribution >= 4 is 51.4 Å². The average Bonchev–Trinajstić information content (AvgIpc) is 4.14. The van der Waals surface area contributed by atoms with Gasteiger partial charge in [0.1, 0.15) is 41.6 Å². The number of guanidine groups is 1. The second-order valence-corrected chi connectivity index (χ2v) is 21.9. The normalized spacial score (nSPS) is 18.8. The number of fused-ring (bicyclic) bond motifs is 1. The van der Waals surface area contributed by atoms with Crippen molar-refractivity contribution in [1.82, 2.24) is 35.8 Å². The quantitative estimate of drug-likeness (QED) is 0.0310. The van der Waals surface area contributed by atoms with Gasteiger partial charge in [-0.1, -0.05) is 49.4 Å². The maximum atomic E-state index is 14.5. The molecular weight excluding hydrogens is 965 g/mol. The highest BCUT2D eigenvalue weighted by molar-refractivity contribution is 7.90. The Kier molecular flexibility index (Phi) is 21.2. The fourth-order valence-corrected chi connectivity index (χ4v) is 11.6. The van der Waals surface area contributed by atoms with Crippen molar-refractivity contribution in [2.45, 2.75) is 178 Å². The second-order valence-electron chi connectivity index (χ2n) is 20.3. The standard InChI is InChI=1S/C54H80N10O9S/c1-9-12-15-24-39(55)47(65)61-42(32-37-22-16-14-17-23-37)52(70)64-31-21-27-44(64)50(68)59-40(11-3)48(66)60-41(51(69)63-30-20-26-43(63)49(67)57-28-18-13-10-2)25-19-29-58-53(56)62-74(71,72)46-35(5)34(4)45-38(36(46)6)33-54(7,8)73-45/h9-10,14,16-17,22-23,39-44H,1-2,11-13,15,18-21,24-33,55H2,3-8H3,(H,57,67)(H,59,68)(H,60,66)(H,61,65)(H3,56,58,62)/t39-,40-,41-,42-,43-,44-/m0/s1. The predicted octanol–water partition coefficient (Wildman–Crippen LogP) is 3.55. The van der Waals surface area contributed by atoms with Crippen LogP contribution in [0.25, 0.3) is 0 Å². The summed E-state index contributed by atoms with van der Waals surface area (Å²) in [6.45, 7) is 19.2. The van der Waals surface area contributed by atoms with Gasteiger partial charge in [-0.2, -0.15) is 0 Å². The molecule has 74 heavy (non-hydrogen) atoms. The van der Waals surface area contributed by atoms with Crippen LogP contribution < -0.4 is 42.2 Å². The van der Waals surface area contributed by atoms with Crippen LogP contribution in [0.4, 0.5) is 0 Å². The molecule has 3 heterocycles. The molecule has 0 bridgehead atoms. The van der Waals surface area contributed by atoms with Gasteiger partial charge < -0.3 is 47.3 Å².